The zero-order valence-corrected chi connectivity index (χ0v) is 23.5. The molecule has 5 N–H and O–H groups in total. The Labute approximate surface area is 221 Å². The van der Waals surface area contributed by atoms with E-state index in [1.807, 2.05) is 27.7 Å². The molecule has 0 aliphatic carbocycles. The van der Waals surface area contributed by atoms with Gasteiger partial charge in [-0.2, -0.15) is 0 Å². The lowest BCUT2D eigenvalue weighted by Crippen LogP contribution is -2.39. The lowest BCUT2D eigenvalue weighted by Gasteiger charge is -2.30. The molecule has 37 heavy (non-hydrogen) atoms. The molecule has 1 aliphatic rings. The highest BCUT2D eigenvalue weighted by Crippen LogP contribution is 2.28. The zero-order valence-electron chi connectivity index (χ0n) is 23.5. The van der Waals surface area contributed by atoms with Crippen LogP contribution >= 0.6 is 0 Å². The molecule has 10 nitrogen and oxygen atoms in total. The minimum absolute atomic E-state index is 0.0224. The van der Waals surface area contributed by atoms with Gasteiger partial charge in [0.2, 0.25) is 0 Å². The molecule has 0 aromatic heterocycles. The van der Waals surface area contributed by atoms with Crippen LogP contribution < -0.4 is 0 Å². The van der Waals surface area contributed by atoms with Crippen molar-refractivity contribution in [3.8, 4) is 0 Å². The number of carbonyl (C=O) groups excluding carboxylic acids is 2. The van der Waals surface area contributed by atoms with Gasteiger partial charge in [0, 0.05) is 24.7 Å². The summed E-state index contributed by atoms with van der Waals surface area (Å²) in [7, 11) is 0. The van der Waals surface area contributed by atoms with E-state index >= 15 is 0 Å². The Morgan fingerprint density at radius 2 is 1.41 bits per heavy atom. The van der Waals surface area contributed by atoms with Crippen LogP contribution in [0.2, 0.25) is 0 Å². The number of carbonyl (C=O) groups is 2. The van der Waals surface area contributed by atoms with Crippen LogP contribution in [-0.4, -0.2) is 92.9 Å². The highest BCUT2D eigenvalue weighted by atomic mass is 16.7. The van der Waals surface area contributed by atoms with Crippen molar-refractivity contribution in [2.45, 2.75) is 136 Å². The van der Waals surface area contributed by atoms with Crippen molar-refractivity contribution in [1.29, 1.82) is 0 Å². The van der Waals surface area contributed by atoms with Gasteiger partial charge in [-0.15, -0.1) is 0 Å². The van der Waals surface area contributed by atoms with E-state index in [0.717, 1.165) is 0 Å². The van der Waals surface area contributed by atoms with Crippen LogP contribution in [-0.2, 0) is 23.8 Å². The monoisotopic (exact) mass is 534 g/mol. The topological polar surface area (TPSA) is 163 Å². The number of esters is 1. The Hall–Kier alpha value is -1.14. The Morgan fingerprint density at radius 3 is 1.89 bits per heavy atom. The molecule has 218 valence electrons. The summed E-state index contributed by atoms with van der Waals surface area (Å²) < 4.78 is 16.9. The van der Waals surface area contributed by atoms with Gasteiger partial charge in [-0.3, -0.25) is 9.59 Å². The number of ether oxygens (including phenoxy) is 3. The predicted molar refractivity (Wildman–Crippen MR) is 136 cm³/mol. The minimum Gasteiger partial charge on any atom is -0.462 e. The molecule has 0 radical (unpaired) electrons. The zero-order chi connectivity index (χ0) is 28.5. The number of ketones is 1. The molecule has 0 aromatic rings. The third-order valence-corrected chi connectivity index (χ3v) is 7.32. The molecule has 2 unspecified atom stereocenters. The molecular weight excluding hydrogens is 484 g/mol. The second kappa shape index (κ2) is 15.5. The smallest absolute Gasteiger partial charge is 0.308 e. The Kier molecular flexibility index (Phi) is 14.2. The largest absolute Gasteiger partial charge is 0.462 e. The highest BCUT2D eigenvalue weighted by Gasteiger charge is 2.44. The summed E-state index contributed by atoms with van der Waals surface area (Å²) in [5.74, 6) is -0.809. The van der Waals surface area contributed by atoms with E-state index in [-0.39, 0.29) is 43.3 Å². The molecule has 1 aliphatic heterocycles. The summed E-state index contributed by atoms with van der Waals surface area (Å²) in [6, 6.07) is 0. The fourth-order valence-corrected chi connectivity index (χ4v) is 4.13. The molecule has 1 heterocycles. The van der Waals surface area contributed by atoms with Gasteiger partial charge in [0.25, 0.3) is 0 Å². The van der Waals surface area contributed by atoms with Crippen LogP contribution in [0.15, 0.2) is 0 Å². The summed E-state index contributed by atoms with van der Waals surface area (Å²) in [6.07, 6.45) is -6.75. The highest BCUT2D eigenvalue weighted by molar-refractivity contribution is 5.84. The molecule has 10 heteroatoms. The lowest BCUT2D eigenvalue weighted by atomic mass is 9.86. The first kappa shape index (κ1) is 33.9. The third kappa shape index (κ3) is 10.9. The first-order chi connectivity index (χ1) is 17.1. The number of Topliss-reactive ketones (excluding diaryl/α,β-unsaturated/α-hetero) is 1. The molecule has 1 rings (SSSR count). The molecule has 0 aromatic carbocycles. The standard InChI is InChI=1S/C27H50O10/c1-8-15(3)19(10-17(29)12-22(31)27(5,6)7)35-23(32)13-18(30)11-20(16(4)9-2)36-26-25(34)24(33)21(14-28)37-26/h15-21,24-26,28-30,33-34H,8-14H2,1-7H3/t15-,16-,17-,18-,19-,20-,21-,24?,25?,26+/m0/s1. The van der Waals surface area contributed by atoms with E-state index in [0.29, 0.717) is 12.8 Å². The van der Waals surface area contributed by atoms with Gasteiger partial charge in [0.05, 0.1) is 31.3 Å². The molecule has 0 saturated carbocycles. The fraction of sp³-hybridized carbons (Fsp3) is 0.926. The normalized spacial score (nSPS) is 27.2. The summed E-state index contributed by atoms with van der Waals surface area (Å²) >= 11 is 0. The van der Waals surface area contributed by atoms with E-state index in [9.17, 15) is 35.1 Å². The Morgan fingerprint density at radius 1 is 0.892 bits per heavy atom. The van der Waals surface area contributed by atoms with Gasteiger partial charge >= 0.3 is 5.97 Å². The maximum absolute atomic E-state index is 12.7. The van der Waals surface area contributed by atoms with E-state index in [1.165, 1.54) is 0 Å². The molecule has 1 fully saturated rings. The van der Waals surface area contributed by atoms with E-state index in [4.69, 9.17) is 14.2 Å². The van der Waals surface area contributed by atoms with Crippen LogP contribution in [0.5, 0.6) is 0 Å². The van der Waals surface area contributed by atoms with Crippen molar-refractivity contribution in [3.63, 3.8) is 0 Å². The number of hydrogen-bond donors (Lipinski definition) is 5. The van der Waals surface area contributed by atoms with Crippen molar-refractivity contribution in [1.82, 2.24) is 0 Å². The van der Waals surface area contributed by atoms with Gasteiger partial charge in [-0.05, 0) is 11.8 Å². The van der Waals surface area contributed by atoms with Crippen LogP contribution in [0.25, 0.3) is 0 Å². The second-order valence-electron chi connectivity index (χ2n) is 11.5. The van der Waals surface area contributed by atoms with E-state index < -0.39 is 67.0 Å². The third-order valence-electron chi connectivity index (χ3n) is 7.32. The number of rotatable bonds is 16. The molecule has 0 spiro atoms. The lowest BCUT2D eigenvalue weighted by molar-refractivity contribution is -0.208. The van der Waals surface area contributed by atoms with Crippen molar-refractivity contribution >= 4 is 11.8 Å². The maximum Gasteiger partial charge on any atom is 0.308 e. The quantitative estimate of drug-likeness (QED) is 0.184. The Bertz CT molecular complexity index is 693. The van der Waals surface area contributed by atoms with Crippen molar-refractivity contribution < 1.29 is 49.3 Å². The van der Waals surface area contributed by atoms with Gasteiger partial charge in [0.1, 0.15) is 30.2 Å². The fourth-order valence-electron chi connectivity index (χ4n) is 4.13. The SMILES string of the molecule is CC[C@H](C)[C@H](C[C@H](O)CC(=O)C(C)(C)C)OC(=O)C[C@@H](O)C[C@H](O[C@@H]1O[C@@H](CO)C(O)C1O)[C@@H](C)CC. The van der Waals surface area contributed by atoms with Crippen LogP contribution in [0.4, 0.5) is 0 Å². The molecule has 1 saturated heterocycles. The summed E-state index contributed by atoms with van der Waals surface area (Å²) in [4.78, 5) is 25.0. The average molecular weight is 535 g/mol. The number of aliphatic hydroxyl groups is 5. The Balaban J connectivity index is 2.74. The van der Waals surface area contributed by atoms with Crippen molar-refractivity contribution in [3.05, 3.63) is 0 Å². The van der Waals surface area contributed by atoms with Crippen molar-refractivity contribution in [2.24, 2.45) is 17.3 Å². The van der Waals surface area contributed by atoms with Crippen LogP contribution in [0, 0.1) is 17.3 Å². The molecule has 10 atom stereocenters. The van der Waals surface area contributed by atoms with Gasteiger partial charge < -0.3 is 39.7 Å². The van der Waals surface area contributed by atoms with E-state index in [1.54, 1.807) is 20.8 Å². The summed E-state index contributed by atoms with van der Waals surface area (Å²) in [5.41, 5.74) is -0.571. The molecule has 0 amide bonds. The first-order valence-electron chi connectivity index (χ1n) is 13.5. The van der Waals surface area contributed by atoms with Crippen LogP contribution in [0.1, 0.15) is 87.0 Å². The average Bonchev–Trinajstić information content (AvgIpc) is 3.09. The molecule has 0 bridgehead atoms. The van der Waals surface area contributed by atoms with Gasteiger partial charge in [-0.1, -0.05) is 61.3 Å². The number of hydrogen-bond acceptors (Lipinski definition) is 10. The summed E-state index contributed by atoms with van der Waals surface area (Å²) in [6.45, 7) is 12.6. The van der Waals surface area contributed by atoms with Gasteiger partial charge in [-0.25, -0.2) is 0 Å². The summed E-state index contributed by atoms with van der Waals surface area (Å²) in [5, 5.41) is 50.6. The van der Waals surface area contributed by atoms with Crippen LogP contribution in [0.3, 0.4) is 0 Å². The first-order valence-corrected chi connectivity index (χ1v) is 13.5. The van der Waals surface area contributed by atoms with Gasteiger partial charge in [0.15, 0.2) is 6.29 Å². The van der Waals surface area contributed by atoms with E-state index in [2.05, 4.69) is 0 Å². The molecular formula is C27H50O10. The second-order valence-corrected chi connectivity index (χ2v) is 11.5. The maximum atomic E-state index is 12.7. The predicted octanol–water partition coefficient (Wildman–Crippen LogP) is 1.71. The van der Waals surface area contributed by atoms with Crippen molar-refractivity contribution in [2.75, 3.05) is 6.61 Å². The number of aliphatic hydroxyl groups excluding tert-OH is 5. The minimum atomic E-state index is -1.35.